The molecule has 0 bridgehead atoms. The Kier molecular flexibility index (Phi) is 3.36. The fraction of sp³-hybridized carbons (Fsp3) is 0.667. The van der Waals surface area contributed by atoms with Crippen LogP contribution in [-0.2, 0) is 9.59 Å². The van der Waals surface area contributed by atoms with E-state index in [1.54, 1.807) is 6.92 Å². The topological polar surface area (TPSA) is 131 Å². The molecular weight excluding hydrogens is 212 g/mol. The van der Waals surface area contributed by atoms with Gasteiger partial charge in [-0.05, 0) is 19.8 Å². The minimum absolute atomic E-state index is 0.0675. The van der Waals surface area contributed by atoms with Crippen LogP contribution in [-0.4, -0.2) is 28.9 Å². The summed E-state index contributed by atoms with van der Waals surface area (Å²) in [5.41, 5.74) is 9.55. The van der Waals surface area contributed by atoms with E-state index in [2.05, 4.69) is 10.5 Å². The van der Waals surface area contributed by atoms with E-state index in [1.807, 2.05) is 0 Å². The standard InChI is InChI=1S/C9H16N4O3/c1-5(4-6(10)14)12-8(15)9(2-3-9)7(11)13-16/h5,16H,2-4H2,1H3,(H2,10,14)(H2,11,13)(H,12,15). The number of amides is 2. The third kappa shape index (κ3) is 2.41. The number of hydrogen-bond donors (Lipinski definition) is 4. The molecule has 1 atom stereocenters. The monoisotopic (exact) mass is 228 g/mol. The van der Waals surface area contributed by atoms with E-state index in [-0.39, 0.29) is 24.2 Å². The first kappa shape index (κ1) is 12.3. The molecule has 1 unspecified atom stereocenters. The first-order valence-electron chi connectivity index (χ1n) is 4.99. The van der Waals surface area contributed by atoms with Crippen LogP contribution in [0.4, 0.5) is 0 Å². The van der Waals surface area contributed by atoms with Crippen LogP contribution in [0, 0.1) is 5.41 Å². The van der Waals surface area contributed by atoms with Gasteiger partial charge in [0.1, 0.15) is 5.41 Å². The van der Waals surface area contributed by atoms with Gasteiger partial charge in [-0.3, -0.25) is 9.59 Å². The molecule has 0 aliphatic heterocycles. The Labute approximate surface area is 92.8 Å². The van der Waals surface area contributed by atoms with E-state index in [9.17, 15) is 9.59 Å². The van der Waals surface area contributed by atoms with Crippen LogP contribution in [0.5, 0.6) is 0 Å². The normalized spacial score (nSPS) is 19.9. The van der Waals surface area contributed by atoms with Gasteiger partial charge in [0.2, 0.25) is 11.8 Å². The number of nitrogens with zero attached hydrogens (tertiary/aromatic N) is 1. The molecule has 16 heavy (non-hydrogen) atoms. The predicted octanol–water partition coefficient (Wildman–Crippen LogP) is -1.11. The summed E-state index contributed by atoms with van der Waals surface area (Å²) in [6, 6.07) is -0.353. The molecule has 1 rings (SSSR count). The van der Waals surface area contributed by atoms with Crippen molar-refractivity contribution in [1.29, 1.82) is 0 Å². The quantitative estimate of drug-likeness (QED) is 0.206. The molecule has 0 radical (unpaired) electrons. The summed E-state index contributed by atoms with van der Waals surface area (Å²) in [5.74, 6) is -0.894. The molecule has 2 amide bonds. The fourth-order valence-electron chi connectivity index (χ4n) is 1.53. The molecule has 90 valence electrons. The SMILES string of the molecule is CC(CC(N)=O)NC(=O)C1(C(N)=NO)CC1. The molecule has 0 heterocycles. The van der Waals surface area contributed by atoms with Gasteiger partial charge in [-0.25, -0.2) is 0 Å². The van der Waals surface area contributed by atoms with Crippen LogP contribution < -0.4 is 16.8 Å². The van der Waals surface area contributed by atoms with E-state index in [1.165, 1.54) is 0 Å². The lowest BCUT2D eigenvalue weighted by Gasteiger charge is -2.17. The van der Waals surface area contributed by atoms with Gasteiger partial charge in [0, 0.05) is 12.5 Å². The number of rotatable bonds is 5. The lowest BCUT2D eigenvalue weighted by molar-refractivity contribution is -0.125. The van der Waals surface area contributed by atoms with Crippen LogP contribution in [0.25, 0.3) is 0 Å². The second kappa shape index (κ2) is 4.38. The van der Waals surface area contributed by atoms with Crippen molar-refractivity contribution in [3.63, 3.8) is 0 Å². The highest BCUT2D eigenvalue weighted by Crippen LogP contribution is 2.46. The Hall–Kier alpha value is -1.79. The molecule has 1 fully saturated rings. The highest BCUT2D eigenvalue weighted by atomic mass is 16.4. The minimum atomic E-state index is -0.888. The number of nitrogens with two attached hydrogens (primary N) is 2. The minimum Gasteiger partial charge on any atom is -0.409 e. The zero-order valence-electron chi connectivity index (χ0n) is 9.06. The van der Waals surface area contributed by atoms with Crippen molar-refractivity contribution in [1.82, 2.24) is 5.32 Å². The van der Waals surface area contributed by atoms with Crippen molar-refractivity contribution in [3.05, 3.63) is 0 Å². The molecule has 0 saturated heterocycles. The van der Waals surface area contributed by atoms with Crippen LogP contribution in [0.15, 0.2) is 5.16 Å². The largest absolute Gasteiger partial charge is 0.409 e. The summed E-state index contributed by atoms with van der Waals surface area (Å²) in [5, 5.41) is 14.0. The highest BCUT2D eigenvalue weighted by Gasteiger charge is 2.54. The lowest BCUT2D eigenvalue weighted by atomic mass is 10.0. The molecule has 7 heteroatoms. The van der Waals surface area contributed by atoms with E-state index in [0.717, 1.165) is 0 Å². The number of primary amides is 1. The van der Waals surface area contributed by atoms with Crippen LogP contribution in [0.2, 0.25) is 0 Å². The Bertz CT molecular complexity index is 336. The molecule has 1 saturated carbocycles. The number of amidine groups is 1. The summed E-state index contributed by atoms with van der Waals surface area (Å²) in [4.78, 5) is 22.4. The fourth-order valence-corrected chi connectivity index (χ4v) is 1.53. The Morgan fingerprint density at radius 3 is 2.44 bits per heavy atom. The van der Waals surface area contributed by atoms with Crippen molar-refractivity contribution in [3.8, 4) is 0 Å². The van der Waals surface area contributed by atoms with Gasteiger partial charge in [-0.1, -0.05) is 5.16 Å². The number of nitrogens with one attached hydrogen (secondary N) is 1. The average molecular weight is 228 g/mol. The summed E-state index contributed by atoms with van der Waals surface area (Å²) in [6.45, 7) is 1.67. The third-order valence-corrected chi connectivity index (χ3v) is 2.67. The summed E-state index contributed by atoms with van der Waals surface area (Å²) in [6.07, 6.45) is 1.17. The van der Waals surface area contributed by atoms with Crippen LogP contribution in [0.1, 0.15) is 26.2 Å². The van der Waals surface area contributed by atoms with Gasteiger partial charge in [0.25, 0.3) is 0 Å². The van der Waals surface area contributed by atoms with Gasteiger partial charge in [-0.15, -0.1) is 0 Å². The number of carbonyl (C=O) groups excluding carboxylic acids is 2. The third-order valence-electron chi connectivity index (χ3n) is 2.67. The highest BCUT2D eigenvalue weighted by molar-refractivity contribution is 6.09. The van der Waals surface area contributed by atoms with Gasteiger partial charge in [0.15, 0.2) is 5.84 Å². The van der Waals surface area contributed by atoms with Crippen molar-refractivity contribution in [2.45, 2.75) is 32.2 Å². The van der Waals surface area contributed by atoms with Crippen LogP contribution in [0.3, 0.4) is 0 Å². The average Bonchev–Trinajstić information content (AvgIpc) is 2.95. The summed E-state index contributed by atoms with van der Waals surface area (Å²) >= 11 is 0. The maximum Gasteiger partial charge on any atom is 0.234 e. The van der Waals surface area contributed by atoms with E-state index in [4.69, 9.17) is 16.7 Å². The predicted molar refractivity (Wildman–Crippen MR) is 56.5 cm³/mol. The summed E-state index contributed by atoms with van der Waals surface area (Å²) in [7, 11) is 0. The zero-order valence-corrected chi connectivity index (χ0v) is 9.06. The molecule has 0 aromatic carbocycles. The molecule has 0 spiro atoms. The maximum atomic E-state index is 11.8. The molecule has 7 nitrogen and oxygen atoms in total. The zero-order chi connectivity index (χ0) is 12.3. The van der Waals surface area contributed by atoms with Gasteiger partial charge in [0.05, 0.1) is 0 Å². The van der Waals surface area contributed by atoms with E-state index >= 15 is 0 Å². The molecule has 0 aromatic rings. The number of carbonyl (C=O) groups is 2. The number of hydrogen-bond acceptors (Lipinski definition) is 4. The molecule has 1 aliphatic rings. The Morgan fingerprint density at radius 2 is 2.06 bits per heavy atom. The smallest absolute Gasteiger partial charge is 0.234 e. The van der Waals surface area contributed by atoms with Crippen LogP contribution >= 0.6 is 0 Å². The van der Waals surface area contributed by atoms with Gasteiger partial charge < -0.3 is 22.0 Å². The molecule has 1 aliphatic carbocycles. The van der Waals surface area contributed by atoms with Crippen molar-refractivity contribution in [2.24, 2.45) is 22.0 Å². The Balaban J connectivity index is 2.56. The van der Waals surface area contributed by atoms with Gasteiger partial charge >= 0.3 is 0 Å². The van der Waals surface area contributed by atoms with Crippen molar-refractivity contribution < 1.29 is 14.8 Å². The molecule has 0 aromatic heterocycles. The van der Waals surface area contributed by atoms with E-state index in [0.29, 0.717) is 12.8 Å². The number of oxime groups is 1. The van der Waals surface area contributed by atoms with Gasteiger partial charge in [-0.2, -0.15) is 0 Å². The maximum absolute atomic E-state index is 11.8. The second-order valence-corrected chi connectivity index (χ2v) is 4.11. The molecular formula is C9H16N4O3. The van der Waals surface area contributed by atoms with Crippen molar-refractivity contribution in [2.75, 3.05) is 0 Å². The van der Waals surface area contributed by atoms with E-state index < -0.39 is 11.3 Å². The first-order chi connectivity index (χ1) is 7.42. The summed E-state index contributed by atoms with van der Waals surface area (Å²) < 4.78 is 0. The lowest BCUT2D eigenvalue weighted by Crippen LogP contribution is -2.45. The first-order valence-corrected chi connectivity index (χ1v) is 4.99. The van der Waals surface area contributed by atoms with Crippen molar-refractivity contribution >= 4 is 17.6 Å². The molecule has 6 N–H and O–H groups in total. The Morgan fingerprint density at radius 1 is 1.50 bits per heavy atom. The second-order valence-electron chi connectivity index (χ2n) is 4.11.